The number of carbonyl (C=O) groups is 1. The van der Waals surface area contributed by atoms with Crippen molar-refractivity contribution < 1.29 is 13.9 Å². The van der Waals surface area contributed by atoms with E-state index >= 15 is 0 Å². The maximum atomic E-state index is 13.8. The number of aromatic nitrogens is 1. The van der Waals surface area contributed by atoms with Crippen LogP contribution in [-0.2, 0) is 9.53 Å². The van der Waals surface area contributed by atoms with Crippen LogP contribution < -0.4 is 10.6 Å². The Kier molecular flexibility index (Phi) is 5.21. The third-order valence-electron chi connectivity index (χ3n) is 6.27. The molecule has 0 saturated carbocycles. The van der Waals surface area contributed by atoms with Gasteiger partial charge in [0.2, 0.25) is 0 Å². The van der Waals surface area contributed by atoms with Gasteiger partial charge in [-0.15, -0.1) is 0 Å². The van der Waals surface area contributed by atoms with E-state index in [0.717, 1.165) is 30.0 Å². The molecular formula is C25H27FN4O2. The third kappa shape index (κ3) is 3.88. The molecule has 0 atom stereocenters. The predicted molar refractivity (Wildman–Crippen MR) is 123 cm³/mol. The number of likely N-dealkylation sites (tertiary alicyclic amines) is 1. The standard InChI is InChI=1S/C25H27FN4O2/c1-25(2)19(16-5-8-22(28-15-16)27-9-12-30-10-3-4-11-30)14-21(32-25)23-18-13-17(26)6-7-20(18)29-24(23)31/h5-8,13-15H,3-4,9-12H2,1-2H3,(H,27,28)(H,29,31)/b23-21+. The molecule has 1 aromatic heterocycles. The van der Waals surface area contributed by atoms with Gasteiger partial charge < -0.3 is 20.3 Å². The van der Waals surface area contributed by atoms with Gasteiger partial charge in [-0.3, -0.25) is 4.79 Å². The van der Waals surface area contributed by atoms with Crippen LogP contribution in [0.5, 0.6) is 0 Å². The van der Waals surface area contributed by atoms with Crippen LogP contribution in [-0.4, -0.2) is 47.6 Å². The van der Waals surface area contributed by atoms with E-state index in [1.165, 1.54) is 38.1 Å². The molecule has 1 fully saturated rings. The van der Waals surface area contributed by atoms with Crippen molar-refractivity contribution in [2.75, 3.05) is 36.8 Å². The number of amides is 1. The molecule has 0 spiro atoms. The lowest BCUT2D eigenvalue weighted by molar-refractivity contribution is -0.111. The van der Waals surface area contributed by atoms with Crippen molar-refractivity contribution in [3.63, 3.8) is 0 Å². The van der Waals surface area contributed by atoms with Gasteiger partial charge in [0, 0.05) is 41.7 Å². The number of nitrogens with zero attached hydrogens (tertiary/aromatic N) is 2. The summed E-state index contributed by atoms with van der Waals surface area (Å²) in [5.74, 6) is 0.601. The van der Waals surface area contributed by atoms with Gasteiger partial charge in [0.25, 0.3) is 5.91 Å². The number of ether oxygens (including phenoxy) is 1. The SMILES string of the molecule is CC1(C)O/C(=C2/C(=O)Nc3ccc(F)cc32)C=C1c1ccc(NCCN2CCCC2)nc1. The second-order valence-corrected chi connectivity index (χ2v) is 8.96. The summed E-state index contributed by atoms with van der Waals surface area (Å²) in [6.45, 7) is 8.16. The van der Waals surface area contributed by atoms with Crippen LogP contribution in [0.2, 0.25) is 0 Å². The van der Waals surface area contributed by atoms with Crippen molar-refractivity contribution >= 4 is 28.6 Å². The molecule has 32 heavy (non-hydrogen) atoms. The average Bonchev–Trinajstić information content (AvgIpc) is 3.45. The molecule has 6 nitrogen and oxygen atoms in total. The van der Waals surface area contributed by atoms with Gasteiger partial charge in [-0.05, 0) is 76.2 Å². The molecule has 0 aliphatic carbocycles. The molecule has 0 bridgehead atoms. The second kappa shape index (κ2) is 8.06. The van der Waals surface area contributed by atoms with E-state index in [2.05, 4.69) is 20.5 Å². The molecule has 166 valence electrons. The Labute approximate surface area is 187 Å². The zero-order chi connectivity index (χ0) is 22.3. The normalized spacial score (nSPS) is 21.8. The molecular weight excluding hydrogens is 407 g/mol. The van der Waals surface area contributed by atoms with Crippen molar-refractivity contribution in [3.8, 4) is 0 Å². The molecule has 3 aliphatic heterocycles. The number of rotatable bonds is 5. The highest BCUT2D eigenvalue weighted by Crippen LogP contribution is 2.44. The Morgan fingerprint density at radius 1 is 1.22 bits per heavy atom. The first kappa shape index (κ1) is 20.7. The molecule has 0 radical (unpaired) electrons. The summed E-state index contributed by atoms with van der Waals surface area (Å²) in [6, 6.07) is 8.24. The third-order valence-corrected chi connectivity index (χ3v) is 6.27. The summed E-state index contributed by atoms with van der Waals surface area (Å²) in [5, 5.41) is 6.17. The van der Waals surface area contributed by atoms with Crippen molar-refractivity contribution in [2.45, 2.75) is 32.3 Å². The summed E-state index contributed by atoms with van der Waals surface area (Å²) < 4.78 is 20.0. The number of hydrogen-bond acceptors (Lipinski definition) is 5. The number of benzene rings is 1. The Balaban J connectivity index is 1.38. The van der Waals surface area contributed by atoms with E-state index in [-0.39, 0.29) is 5.91 Å². The Bertz CT molecular complexity index is 1120. The first-order chi connectivity index (χ1) is 15.4. The molecule has 2 aromatic rings. The van der Waals surface area contributed by atoms with E-state index in [1.807, 2.05) is 38.3 Å². The van der Waals surface area contributed by atoms with E-state index in [0.29, 0.717) is 22.6 Å². The summed E-state index contributed by atoms with van der Waals surface area (Å²) in [7, 11) is 0. The van der Waals surface area contributed by atoms with E-state index in [9.17, 15) is 9.18 Å². The van der Waals surface area contributed by atoms with Gasteiger partial charge in [0.05, 0.1) is 5.57 Å². The van der Waals surface area contributed by atoms with E-state index in [4.69, 9.17) is 4.74 Å². The van der Waals surface area contributed by atoms with Gasteiger partial charge in [-0.1, -0.05) is 0 Å². The van der Waals surface area contributed by atoms with Crippen LogP contribution in [0.4, 0.5) is 15.9 Å². The van der Waals surface area contributed by atoms with E-state index in [1.54, 1.807) is 6.07 Å². The lowest BCUT2D eigenvalue weighted by Crippen LogP contribution is -2.26. The molecule has 7 heteroatoms. The number of hydrogen-bond donors (Lipinski definition) is 2. The maximum absolute atomic E-state index is 13.8. The minimum Gasteiger partial charge on any atom is -0.482 e. The van der Waals surface area contributed by atoms with Crippen molar-refractivity contribution in [2.24, 2.45) is 0 Å². The fourth-order valence-electron chi connectivity index (χ4n) is 4.61. The summed E-state index contributed by atoms with van der Waals surface area (Å²) in [4.78, 5) is 19.6. The summed E-state index contributed by atoms with van der Waals surface area (Å²) in [6.07, 6.45) is 6.28. The first-order valence-electron chi connectivity index (χ1n) is 11.1. The Morgan fingerprint density at radius 3 is 2.78 bits per heavy atom. The number of halogens is 1. The molecule has 0 unspecified atom stereocenters. The molecule has 2 N–H and O–H groups in total. The van der Waals surface area contributed by atoms with Crippen LogP contribution in [0.25, 0.3) is 11.1 Å². The van der Waals surface area contributed by atoms with Gasteiger partial charge in [0.1, 0.15) is 23.0 Å². The van der Waals surface area contributed by atoms with Crippen molar-refractivity contribution in [1.29, 1.82) is 0 Å². The molecule has 5 rings (SSSR count). The minimum atomic E-state index is -0.648. The summed E-state index contributed by atoms with van der Waals surface area (Å²) in [5.41, 5.74) is 2.67. The quantitative estimate of drug-likeness (QED) is 0.688. The molecule has 1 aromatic carbocycles. The van der Waals surface area contributed by atoms with Crippen LogP contribution >= 0.6 is 0 Å². The zero-order valence-corrected chi connectivity index (χ0v) is 18.4. The van der Waals surface area contributed by atoms with E-state index < -0.39 is 11.4 Å². The fraction of sp³-hybridized carbons (Fsp3) is 0.360. The van der Waals surface area contributed by atoms with Gasteiger partial charge in [0.15, 0.2) is 0 Å². The highest BCUT2D eigenvalue weighted by Gasteiger charge is 2.38. The first-order valence-corrected chi connectivity index (χ1v) is 11.1. The lowest BCUT2D eigenvalue weighted by Gasteiger charge is -2.23. The Morgan fingerprint density at radius 2 is 2.03 bits per heavy atom. The zero-order valence-electron chi connectivity index (χ0n) is 18.4. The van der Waals surface area contributed by atoms with Crippen LogP contribution in [0.3, 0.4) is 0 Å². The second-order valence-electron chi connectivity index (χ2n) is 8.96. The van der Waals surface area contributed by atoms with Crippen molar-refractivity contribution in [1.82, 2.24) is 9.88 Å². The Hall–Kier alpha value is -3.19. The number of pyridine rings is 1. The number of nitrogens with one attached hydrogen (secondary N) is 2. The smallest absolute Gasteiger partial charge is 0.260 e. The molecule has 1 saturated heterocycles. The van der Waals surface area contributed by atoms with Gasteiger partial charge in [-0.2, -0.15) is 0 Å². The monoisotopic (exact) mass is 434 g/mol. The van der Waals surface area contributed by atoms with Crippen LogP contribution in [0.15, 0.2) is 48.4 Å². The largest absolute Gasteiger partial charge is 0.482 e. The summed E-state index contributed by atoms with van der Waals surface area (Å²) >= 11 is 0. The average molecular weight is 435 g/mol. The highest BCUT2D eigenvalue weighted by atomic mass is 19.1. The molecule has 3 aliphatic rings. The van der Waals surface area contributed by atoms with Crippen molar-refractivity contribution in [3.05, 3.63) is 65.3 Å². The highest BCUT2D eigenvalue weighted by molar-refractivity contribution is 6.32. The predicted octanol–water partition coefficient (Wildman–Crippen LogP) is 4.28. The minimum absolute atomic E-state index is 0.287. The fourth-order valence-corrected chi connectivity index (χ4v) is 4.61. The topological polar surface area (TPSA) is 66.5 Å². The van der Waals surface area contributed by atoms with Gasteiger partial charge >= 0.3 is 0 Å². The van der Waals surface area contributed by atoms with Gasteiger partial charge in [-0.25, -0.2) is 9.37 Å². The number of fused-ring (bicyclic) bond motifs is 1. The molecule has 1 amide bonds. The molecule has 4 heterocycles. The van der Waals surface area contributed by atoms with Crippen LogP contribution in [0, 0.1) is 5.82 Å². The lowest BCUT2D eigenvalue weighted by atomic mass is 9.93. The van der Waals surface area contributed by atoms with Crippen LogP contribution in [0.1, 0.15) is 37.8 Å². The number of allylic oxidation sites excluding steroid dienone is 1. The maximum Gasteiger partial charge on any atom is 0.260 e. The number of carbonyl (C=O) groups excluding carboxylic acids is 1. The number of anilines is 2.